The van der Waals surface area contributed by atoms with Gasteiger partial charge in [0.1, 0.15) is 11.4 Å². The Bertz CT molecular complexity index is 735. The summed E-state index contributed by atoms with van der Waals surface area (Å²) in [7, 11) is 0. The number of benzene rings is 2. The zero-order valence-electron chi connectivity index (χ0n) is 11.9. The molecule has 0 aliphatic carbocycles. The molecule has 1 heterocycles. The van der Waals surface area contributed by atoms with Gasteiger partial charge in [0.15, 0.2) is 0 Å². The van der Waals surface area contributed by atoms with E-state index in [1.165, 1.54) is 5.56 Å². The van der Waals surface area contributed by atoms with E-state index in [1.807, 2.05) is 36.4 Å². The third kappa shape index (κ3) is 3.01. The fourth-order valence-corrected chi connectivity index (χ4v) is 2.35. The first kappa shape index (κ1) is 13.5. The second-order valence-corrected chi connectivity index (χ2v) is 5.04. The number of hydrogen-bond acceptors (Lipinski definition) is 3. The Balaban J connectivity index is 1.93. The molecule has 1 aromatic heterocycles. The maximum atomic E-state index is 9.49. The number of aryl methyl sites for hydroxylation is 1. The van der Waals surface area contributed by atoms with Gasteiger partial charge in [-0.1, -0.05) is 60.2 Å². The Kier molecular flexibility index (Phi) is 3.79. The van der Waals surface area contributed by atoms with Crippen molar-refractivity contribution in [1.29, 1.82) is 0 Å². The van der Waals surface area contributed by atoms with Gasteiger partial charge in [0.25, 0.3) is 0 Å². The van der Waals surface area contributed by atoms with E-state index in [4.69, 9.17) is 0 Å². The molecule has 0 aliphatic rings. The molecular formula is C17H17N3O. The summed E-state index contributed by atoms with van der Waals surface area (Å²) in [5, 5.41) is 18.4. The summed E-state index contributed by atoms with van der Waals surface area (Å²) in [6.07, 6.45) is 0. The van der Waals surface area contributed by atoms with Crippen molar-refractivity contribution in [3.8, 4) is 11.3 Å². The molecule has 1 N–H and O–H groups in total. The lowest BCUT2D eigenvalue weighted by molar-refractivity contribution is 0.276. The number of aliphatic hydroxyl groups is 1. The SMILES string of the molecule is Cc1cccc(Cn2nc(CO)c(-c3ccccc3)n2)c1. The molecule has 2 aromatic carbocycles. The van der Waals surface area contributed by atoms with E-state index >= 15 is 0 Å². The van der Waals surface area contributed by atoms with Crippen LogP contribution in [0.2, 0.25) is 0 Å². The van der Waals surface area contributed by atoms with Gasteiger partial charge < -0.3 is 5.11 Å². The first-order valence-corrected chi connectivity index (χ1v) is 6.92. The van der Waals surface area contributed by atoms with Crippen LogP contribution >= 0.6 is 0 Å². The highest BCUT2D eigenvalue weighted by Gasteiger charge is 2.12. The molecule has 0 fully saturated rings. The van der Waals surface area contributed by atoms with Crippen LogP contribution in [0.3, 0.4) is 0 Å². The molecule has 4 heteroatoms. The predicted octanol–water partition coefficient (Wildman–Crippen LogP) is 2.79. The largest absolute Gasteiger partial charge is 0.390 e. The van der Waals surface area contributed by atoms with Crippen molar-refractivity contribution in [3.05, 3.63) is 71.4 Å². The molecule has 0 saturated carbocycles. The summed E-state index contributed by atoms with van der Waals surface area (Å²) in [6.45, 7) is 2.55. The van der Waals surface area contributed by atoms with E-state index in [2.05, 4.69) is 35.3 Å². The van der Waals surface area contributed by atoms with Crippen molar-refractivity contribution in [3.63, 3.8) is 0 Å². The van der Waals surface area contributed by atoms with E-state index in [9.17, 15) is 5.11 Å². The van der Waals surface area contributed by atoms with Gasteiger partial charge in [-0.05, 0) is 12.5 Å². The molecule has 0 unspecified atom stereocenters. The van der Waals surface area contributed by atoms with Crippen molar-refractivity contribution in [2.45, 2.75) is 20.1 Å². The highest BCUT2D eigenvalue weighted by atomic mass is 16.3. The quantitative estimate of drug-likeness (QED) is 0.799. The standard InChI is InChI=1S/C17H17N3O/c1-13-6-5-7-14(10-13)11-20-18-16(12-21)17(19-20)15-8-3-2-4-9-15/h2-10,21H,11-12H2,1H3. The van der Waals surface area contributed by atoms with Crippen LogP contribution in [0, 0.1) is 6.92 Å². The molecule has 3 aromatic rings. The molecule has 0 atom stereocenters. The minimum atomic E-state index is -0.113. The Morgan fingerprint density at radius 2 is 1.81 bits per heavy atom. The highest BCUT2D eigenvalue weighted by molar-refractivity contribution is 5.60. The lowest BCUT2D eigenvalue weighted by Crippen LogP contribution is -2.04. The fourth-order valence-electron chi connectivity index (χ4n) is 2.35. The maximum absolute atomic E-state index is 9.49. The zero-order chi connectivity index (χ0) is 14.7. The van der Waals surface area contributed by atoms with Gasteiger partial charge >= 0.3 is 0 Å². The molecule has 0 amide bonds. The van der Waals surface area contributed by atoms with E-state index in [1.54, 1.807) is 4.80 Å². The van der Waals surface area contributed by atoms with Gasteiger partial charge in [-0.2, -0.15) is 15.0 Å². The Labute approximate surface area is 123 Å². The van der Waals surface area contributed by atoms with Crippen LogP contribution in [0.5, 0.6) is 0 Å². The van der Waals surface area contributed by atoms with E-state index < -0.39 is 0 Å². The summed E-state index contributed by atoms with van der Waals surface area (Å²) >= 11 is 0. The predicted molar refractivity (Wildman–Crippen MR) is 81.7 cm³/mol. The number of hydrogen-bond donors (Lipinski definition) is 1. The number of aliphatic hydroxyl groups excluding tert-OH is 1. The van der Waals surface area contributed by atoms with Crippen LogP contribution in [0.25, 0.3) is 11.3 Å². The van der Waals surface area contributed by atoms with E-state index in [-0.39, 0.29) is 6.61 Å². The second kappa shape index (κ2) is 5.89. The van der Waals surface area contributed by atoms with Crippen molar-refractivity contribution >= 4 is 0 Å². The maximum Gasteiger partial charge on any atom is 0.118 e. The van der Waals surface area contributed by atoms with Crippen LogP contribution in [0.4, 0.5) is 0 Å². The average Bonchev–Trinajstić information content (AvgIpc) is 2.91. The molecule has 21 heavy (non-hydrogen) atoms. The molecule has 3 rings (SSSR count). The van der Waals surface area contributed by atoms with Crippen LogP contribution in [-0.2, 0) is 13.2 Å². The van der Waals surface area contributed by atoms with Gasteiger partial charge in [-0.3, -0.25) is 0 Å². The van der Waals surface area contributed by atoms with Crippen LogP contribution < -0.4 is 0 Å². The van der Waals surface area contributed by atoms with Gasteiger partial charge in [-0.15, -0.1) is 0 Å². The summed E-state index contributed by atoms with van der Waals surface area (Å²) in [6, 6.07) is 18.1. The lowest BCUT2D eigenvalue weighted by atomic mass is 10.1. The summed E-state index contributed by atoms with van der Waals surface area (Å²) in [5.41, 5.74) is 4.68. The summed E-state index contributed by atoms with van der Waals surface area (Å²) < 4.78 is 0. The molecule has 4 nitrogen and oxygen atoms in total. The summed E-state index contributed by atoms with van der Waals surface area (Å²) in [4.78, 5) is 1.64. The first-order valence-electron chi connectivity index (χ1n) is 6.92. The van der Waals surface area contributed by atoms with Crippen LogP contribution in [0.15, 0.2) is 54.6 Å². The second-order valence-electron chi connectivity index (χ2n) is 5.04. The lowest BCUT2D eigenvalue weighted by Gasteiger charge is -2.01. The molecule has 0 saturated heterocycles. The van der Waals surface area contributed by atoms with E-state index in [0.29, 0.717) is 12.2 Å². The first-order chi connectivity index (χ1) is 10.3. The number of rotatable bonds is 4. The third-order valence-corrected chi connectivity index (χ3v) is 3.33. The Hall–Kier alpha value is -2.46. The minimum Gasteiger partial charge on any atom is -0.390 e. The highest BCUT2D eigenvalue weighted by Crippen LogP contribution is 2.20. The molecule has 0 bridgehead atoms. The minimum absolute atomic E-state index is 0.113. The number of aromatic nitrogens is 3. The van der Waals surface area contributed by atoms with Gasteiger partial charge in [0.05, 0.1) is 13.2 Å². The molecule has 106 valence electrons. The van der Waals surface area contributed by atoms with Gasteiger partial charge in [0.2, 0.25) is 0 Å². The smallest absolute Gasteiger partial charge is 0.118 e. The topological polar surface area (TPSA) is 50.9 Å². The van der Waals surface area contributed by atoms with Gasteiger partial charge in [-0.25, -0.2) is 0 Å². The average molecular weight is 279 g/mol. The molecule has 0 radical (unpaired) electrons. The molecule has 0 aliphatic heterocycles. The van der Waals surface area contributed by atoms with Crippen molar-refractivity contribution in [1.82, 2.24) is 15.0 Å². The van der Waals surface area contributed by atoms with Crippen LogP contribution in [-0.4, -0.2) is 20.1 Å². The molecular weight excluding hydrogens is 262 g/mol. The summed E-state index contributed by atoms with van der Waals surface area (Å²) in [5.74, 6) is 0. The third-order valence-electron chi connectivity index (χ3n) is 3.33. The Morgan fingerprint density at radius 1 is 1.00 bits per heavy atom. The van der Waals surface area contributed by atoms with Crippen molar-refractivity contribution in [2.24, 2.45) is 0 Å². The van der Waals surface area contributed by atoms with Crippen molar-refractivity contribution < 1.29 is 5.11 Å². The molecule has 0 spiro atoms. The normalized spacial score (nSPS) is 10.8. The number of nitrogens with zero attached hydrogens (tertiary/aromatic N) is 3. The zero-order valence-corrected chi connectivity index (χ0v) is 11.9. The van der Waals surface area contributed by atoms with Crippen molar-refractivity contribution in [2.75, 3.05) is 0 Å². The van der Waals surface area contributed by atoms with Crippen LogP contribution in [0.1, 0.15) is 16.8 Å². The monoisotopic (exact) mass is 279 g/mol. The Morgan fingerprint density at radius 3 is 2.52 bits per heavy atom. The van der Waals surface area contributed by atoms with E-state index in [0.717, 1.165) is 16.8 Å². The van der Waals surface area contributed by atoms with Gasteiger partial charge in [0, 0.05) is 5.56 Å². The fraction of sp³-hybridized carbons (Fsp3) is 0.176.